The van der Waals surface area contributed by atoms with Crippen LogP contribution in [0.3, 0.4) is 0 Å². The lowest BCUT2D eigenvalue weighted by molar-refractivity contribution is 0.373. The van der Waals surface area contributed by atoms with Gasteiger partial charge >= 0.3 is 0 Å². The average Bonchev–Trinajstić information content (AvgIpc) is 3.23. The van der Waals surface area contributed by atoms with E-state index < -0.39 is 10.0 Å². The first kappa shape index (κ1) is 15.0. The second kappa shape index (κ2) is 5.94. The number of sulfonamides is 1. The molecule has 0 saturated heterocycles. The maximum Gasteiger partial charge on any atom is 0.243 e. The first-order chi connectivity index (χ1) is 9.45. The van der Waals surface area contributed by atoms with Crippen molar-refractivity contribution in [2.24, 2.45) is 5.92 Å². The Morgan fingerprint density at radius 3 is 2.65 bits per heavy atom. The second-order valence-electron chi connectivity index (χ2n) is 5.67. The molecule has 1 aliphatic rings. The summed E-state index contributed by atoms with van der Waals surface area (Å²) >= 11 is 0. The van der Waals surface area contributed by atoms with Gasteiger partial charge in [0.05, 0.1) is 16.5 Å². The van der Waals surface area contributed by atoms with Crippen LogP contribution in [-0.4, -0.2) is 25.3 Å². The molecule has 1 aromatic carbocycles. The molecule has 0 spiro atoms. The van der Waals surface area contributed by atoms with Crippen LogP contribution in [0.1, 0.15) is 38.7 Å². The largest absolute Gasteiger partial charge is 0.243 e. The SMILES string of the molecule is CC(C)CCN(C1CC1)S(=O)(=O)c1cccc(C#N)c1. The van der Waals surface area contributed by atoms with E-state index in [1.165, 1.54) is 6.07 Å². The molecular formula is C15H20N2O2S. The van der Waals surface area contributed by atoms with Crippen molar-refractivity contribution in [2.75, 3.05) is 6.54 Å². The first-order valence-electron chi connectivity index (χ1n) is 6.97. The predicted molar refractivity (Wildman–Crippen MR) is 77.5 cm³/mol. The molecule has 1 aromatic rings. The van der Waals surface area contributed by atoms with E-state index in [0.29, 0.717) is 18.0 Å². The van der Waals surface area contributed by atoms with Crippen molar-refractivity contribution < 1.29 is 8.42 Å². The van der Waals surface area contributed by atoms with E-state index in [-0.39, 0.29) is 10.9 Å². The molecule has 4 nitrogen and oxygen atoms in total. The zero-order chi connectivity index (χ0) is 14.8. The van der Waals surface area contributed by atoms with Crippen LogP contribution in [-0.2, 0) is 10.0 Å². The van der Waals surface area contributed by atoms with E-state index in [1.54, 1.807) is 22.5 Å². The summed E-state index contributed by atoms with van der Waals surface area (Å²) < 4.78 is 27.0. The van der Waals surface area contributed by atoms with Gasteiger partial charge in [0.2, 0.25) is 10.0 Å². The Bertz CT molecular complexity index is 613. The minimum absolute atomic E-state index is 0.143. The van der Waals surface area contributed by atoms with Gasteiger partial charge in [-0.3, -0.25) is 0 Å². The number of nitriles is 1. The minimum Gasteiger partial charge on any atom is -0.207 e. The molecule has 108 valence electrons. The molecule has 0 atom stereocenters. The highest BCUT2D eigenvalue weighted by Gasteiger charge is 2.37. The van der Waals surface area contributed by atoms with E-state index in [0.717, 1.165) is 19.3 Å². The standard InChI is InChI=1S/C15H20N2O2S/c1-12(2)8-9-17(14-6-7-14)20(18,19)15-5-3-4-13(10-15)11-16/h3-5,10,12,14H,6-9H2,1-2H3. The van der Waals surface area contributed by atoms with Crippen LogP contribution in [0.2, 0.25) is 0 Å². The van der Waals surface area contributed by atoms with Crippen LogP contribution >= 0.6 is 0 Å². The van der Waals surface area contributed by atoms with Crippen LogP contribution in [0.15, 0.2) is 29.2 Å². The highest BCUT2D eigenvalue weighted by atomic mass is 32.2. The van der Waals surface area contributed by atoms with Gasteiger partial charge in [-0.25, -0.2) is 8.42 Å². The van der Waals surface area contributed by atoms with Gasteiger partial charge in [0.1, 0.15) is 0 Å². The Hall–Kier alpha value is -1.38. The molecule has 0 aliphatic heterocycles. The third-order valence-corrected chi connectivity index (χ3v) is 5.40. The van der Waals surface area contributed by atoms with Crippen molar-refractivity contribution in [3.8, 4) is 6.07 Å². The molecule has 1 aliphatic carbocycles. The topological polar surface area (TPSA) is 61.2 Å². The molecule has 0 amide bonds. The van der Waals surface area contributed by atoms with E-state index in [1.807, 2.05) is 6.07 Å². The van der Waals surface area contributed by atoms with Crippen molar-refractivity contribution in [3.63, 3.8) is 0 Å². The van der Waals surface area contributed by atoms with Crippen molar-refractivity contribution >= 4 is 10.0 Å². The lowest BCUT2D eigenvalue weighted by atomic mass is 10.1. The van der Waals surface area contributed by atoms with Crippen LogP contribution in [0.4, 0.5) is 0 Å². The summed E-state index contributed by atoms with van der Waals surface area (Å²) in [5.41, 5.74) is 0.380. The second-order valence-corrected chi connectivity index (χ2v) is 7.56. The molecule has 0 heterocycles. The number of benzene rings is 1. The van der Waals surface area contributed by atoms with Gasteiger partial charge in [-0.05, 0) is 43.4 Å². The Labute approximate surface area is 121 Å². The number of hydrogen-bond donors (Lipinski definition) is 0. The summed E-state index contributed by atoms with van der Waals surface area (Å²) in [4.78, 5) is 0.229. The Kier molecular flexibility index (Phi) is 4.46. The summed E-state index contributed by atoms with van der Waals surface area (Å²) in [5.74, 6) is 0.469. The van der Waals surface area contributed by atoms with Crippen molar-refractivity contribution in [1.82, 2.24) is 4.31 Å². The lowest BCUT2D eigenvalue weighted by Gasteiger charge is -2.22. The van der Waals surface area contributed by atoms with Gasteiger partial charge in [-0.15, -0.1) is 0 Å². The van der Waals surface area contributed by atoms with Crippen molar-refractivity contribution in [1.29, 1.82) is 5.26 Å². The monoisotopic (exact) mass is 292 g/mol. The quantitative estimate of drug-likeness (QED) is 0.810. The molecule has 2 rings (SSSR count). The zero-order valence-corrected chi connectivity index (χ0v) is 12.7. The van der Waals surface area contributed by atoms with Crippen LogP contribution < -0.4 is 0 Å². The number of nitrogens with zero attached hydrogens (tertiary/aromatic N) is 2. The summed E-state index contributed by atoms with van der Waals surface area (Å²) in [5, 5.41) is 8.91. The van der Waals surface area contributed by atoms with E-state index in [2.05, 4.69) is 13.8 Å². The van der Waals surface area contributed by atoms with Gasteiger partial charge in [0.25, 0.3) is 0 Å². The fourth-order valence-electron chi connectivity index (χ4n) is 2.11. The third kappa shape index (κ3) is 3.38. The molecule has 5 heteroatoms. The predicted octanol–water partition coefficient (Wildman–Crippen LogP) is 2.76. The third-order valence-electron chi connectivity index (χ3n) is 3.45. The highest BCUT2D eigenvalue weighted by Crippen LogP contribution is 2.32. The first-order valence-corrected chi connectivity index (χ1v) is 8.41. The fraction of sp³-hybridized carbons (Fsp3) is 0.533. The lowest BCUT2D eigenvalue weighted by Crippen LogP contribution is -2.34. The molecule has 1 fully saturated rings. The number of rotatable bonds is 6. The van der Waals surface area contributed by atoms with Gasteiger partial charge < -0.3 is 0 Å². The Balaban J connectivity index is 2.28. The average molecular weight is 292 g/mol. The molecule has 0 aromatic heterocycles. The summed E-state index contributed by atoms with van der Waals surface area (Å²) in [6.07, 6.45) is 2.73. The van der Waals surface area contributed by atoms with Gasteiger partial charge in [0, 0.05) is 12.6 Å². The van der Waals surface area contributed by atoms with Crippen molar-refractivity contribution in [3.05, 3.63) is 29.8 Å². The smallest absolute Gasteiger partial charge is 0.207 e. The molecular weight excluding hydrogens is 272 g/mol. The number of hydrogen-bond acceptors (Lipinski definition) is 3. The zero-order valence-electron chi connectivity index (χ0n) is 11.9. The van der Waals surface area contributed by atoms with Gasteiger partial charge in [-0.1, -0.05) is 19.9 Å². The molecule has 0 N–H and O–H groups in total. The van der Waals surface area contributed by atoms with Crippen LogP contribution in [0.5, 0.6) is 0 Å². The highest BCUT2D eigenvalue weighted by molar-refractivity contribution is 7.89. The fourth-order valence-corrected chi connectivity index (χ4v) is 3.85. The summed E-state index contributed by atoms with van der Waals surface area (Å²) in [6.45, 7) is 4.74. The summed E-state index contributed by atoms with van der Waals surface area (Å²) in [6, 6.07) is 8.41. The van der Waals surface area contributed by atoms with Gasteiger partial charge in [-0.2, -0.15) is 9.57 Å². The maximum atomic E-state index is 12.7. The van der Waals surface area contributed by atoms with Gasteiger partial charge in [0.15, 0.2) is 0 Å². The molecule has 1 saturated carbocycles. The minimum atomic E-state index is -3.48. The Morgan fingerprint density at radius 2 is 2.10 bits per heavy atom. The van der Waals surface area contributed by atoms with Crippen molar-refractivity contribution in [2.45, 2.75) is 44.0 Å². The Morgan fingerprint density at radius 1 is 1.40 bits per heavy atom. The van der Waals surface area contributed by atoms with E-state index in [4.69, 9.17) is 5.26 Å². The molecule has 0 unspecified atom stereocenters. The molecule has 0 radical (unpaired) electrons. The van der Waals surface area contributed by atoms with Crippen LogP contribution in [0, 0.1) is 17.2 Å². The summed E-state index contributed by atoms with van der Waals surface area (Å²) in [7, 11) is -3.48. The molecule has 20 heavy (non-hydrogen) atoms. The van der Waals surface area contributed by atoms with E-state index >= 15 is 0 Å². The normalized spacial score (nSPS) is 15.6. The van der Waals surface area contributed by atoms with E-state index in [9.17, 15) is 8.42 Å². The molecule has 0 bridgehead atoms. The maximum absolute atomic E-state index is 12.7. The van der Waals surface area contributed by atoms with Crippen LogP contribution in [0.25, 0.3) is 0 Å².